The number of aliphatic hydroxyl groups is 1. The molecule has 2 fully saturated rings. The fraction of sp³-hybridized carbons (Fsp3) is 0.514. The van der Waals surface area contributed by atoms with Gasteiger partial charge >= 0.3 is 10.2 Å². The highest BCUT2D eigenvalue weighted by Crippen LogP contribution is 2.46. The largest absolute Gasteiger partial charge is 0.490 e. The number of ether oxygens (including phenoxy) is 2. The molecule has 1 amide bonds. The van der Waals surface area contributed by atoms with E-state index in [0.717, 1.165) is 50.6 Å². The standard InChI is InChI=1S/C35H44ClN3O6S/c1-3-16-39(21-28-8-6-17-44-28)46(42,43)37-34(41)25-10-14-33-31(19-25)38(20-26-9-12-29(26)32(40)4-2)22-35(23-45-33)15-5-7-24-18-27(36)11-13-30(24)35/h3-4,10-11,13-14,18-19,26,28-29,32,40H,1-2,5-9,12,15-17,20-23H2,(H,37,41)/t26-,28-,29+,32-,35?/m0/s1. The summed E-state index contributed by atoms with van der Waals surface area (Å²) in [7, 11) is -4.16. The number of hydrogen-bond donors (Lipinski definition) is 2. The van der Waals surface area contributed by atoms with Gasteiger partial charge in [-0.25, -0.2) is 4.72 Å². The minimum Gasteiger partial charge on any atom is -0.490 e. The summed E-state index contributed by atoms with van der Waals surface area (Å²) in [4.78, 5) is 15.8. The van der Waals surface area contributed by atoms with E-state index < -0.39 is 22.2 Å². The van der Waals surface area contributed by atoms with Gasteiger partial charge in [-0.05, 0) is 98.2 Å². The second kappa shape index (κ2) is 13.7. The molecule has 1 unspecified atom stereocenters. The predicted molar refractivity (Wildman–Crippen MR) is 180 cm³/mol. The molecule has 6 rings (SSSR count). The first-order chi connectivity index (χ1) is 22.1. The minimum absolute atomic E-state index is 0.0577. The van der Waals surface area contributed by atoms with E-state index in [1.165, 1.54) is 21.5 Å². The quantitative estimate of drug-likeness (QED) is 0.323. The number of aliphatic hydroxyl groups excluding tert-OH is 1. The van der Waals surface area contributed by atoms with E-state index in [4.69, 9.17) is 21.1 Å². The summed E-state index contributed by atoms with van der Waals surface area (Å²) in [5, 5.41) is 11.3. The first-order valence-corrected chi connectivity index (χ1v) is 18.1. The zero-order chi connectivity index (χ0) is 32.5. The molecule has 1 spiro atoms. The Kier molecular flexibility index (Phi) is 9.83. The SMILES string of the molecule is C=CCN(C[C@@H]1CCCO1)S(=O)(=O)NC(=O)c1ccc2c(c1)N(C[C@@H]1CC[C@H]1[C@@H](O)C=C)CC1(CCCc3cc(Cl)ccc31)CO2. The second-order valence-corrected chi connectivity index (χ2v) is 15.3. The summed E-state index contributed by atoms with van der Waals surface area (Å²) in [6, 6.07) is 11.2. The smallest absolute Gasteiger partial charge is 0.304 e. The first kappa shape index (κ1) is 33.0. The maximum Gasteiger partial charge on any atom is 0.304 e. The van der Waals surface area contributed by atoms with Gasteiger partial charge in [0.15, 0.2) is 0 Å². The molecule has 1 saturated heterocycles. The van der Waals surface area contributed by atoms with E-state index in [1.54, 1.807) is 24.3 Å². The molecule has 2 aliphatic carbocycles. The number of hydrogen-bond acceptors (Lipinski definition) is 7. The number of amides is 1. The van der Waals surface area contributed by atoms with Crippen LogP contribution in [0.3, 0.4) is 0 Å². The molecule has 1 saturated carbocycles. The summed E-state index contributed by atoms with van der Waals surface area (Å²) in [5.41, 5.74) is 3.12. The van der Waals surface area contributed by atoms with Crippen LogP contribution >= 0.6 is 11.6 Å². The minimum atomic E-state index is -4.16. The Labute approximate surface area is 277 Å². The molecule has 0 aromatic heterocycles. The third-order valence-electron chi connectivity index (χ3n) is 10.2. The molecule has 46 heavy (non-hydrogen) atoms. The van der Waals surface area contributed by atoms with Crippen molar-refractivity contribution in [2.45, 2.75) is 62.6 Å². The van der Waals surface area contributed by atoms with Gasteiger partial charge < -0.3 is 19.5 Å². The van der Waals surface area contributed by atoms with Crippen molar-refractivity contribution in [3.8, 4) is 5.75 Å². The molecule has 0 bridgehead atoms. The van der Waals surface area contributed by atoms with E-state index >= 15 is 0 Å². The third-order valence-corrected chi connectivity index (χ3v) is 11.9. The van der Waals surface area contributed by atoms with Crippen LogP contribution in [-0.2, 0) is 26.8 Å². The normalized spacial score (nSPS) is 26.3. The van der Waals surface area contributed by atoms with Crippen molar-refractivity contribution < 1.29 is 27.8 Å². The molecule has 248 valence electrons. The Morgan fingerprint density at radius 2 is 2.04 bits per heavy atom. The highest BCUT2D eigenvalue weighted by Gasteiger charge is 2.44. The molecule has 2 aliphatic heterocycles. The molecular weight excluding hydrogens is 626 g/mol. The summed E-state index contributed by atoms with van der Waals surface area (Å²) >= 11 is 6.40. The zero-order valence-corrected chi connectivity index (χ0v) is 27.8. The summed E-state index contributed by atoms with van der Waals surface area (Å²) in [6.07, 6.45) is 8.75. The van der Waals surface area contributed by atoms with Gasteiger partial charge in [0.2, 0.25) is 0 Å². The van der Waals surface area contributed by atoms with Crippen molar-refractivity contribution in [2.24, 2.45) is 11.8 Å². The van der Waals surface area contributed by atoms with E-state index in [2.05, 4.69) is 34.9 Å². The lowest BCUT2D eigenvalue weighted by Crippen LogP contribution is -2.49. The van der Waals surface area contributed by atoms with Crippen LogP contribution in [0.25, 0.3) is 0 Å². The van der Waals surface area contributed by atoms with Gasteiger partial charge in [-0.2, -0.15) is 12.7 Å². The molecule has 2 aromatic rings. The lowest BCUT2D eigenvalue weighted by molar-refractivity contribution is 0.0460. The van der Waals surface area contributed by atoms with Crippen LogP contribution in [0.1, 0.15) is 60.0 Å². The highest BCUT2D eigenvalue weighted by atomic mass is 35.5. The monoisotopic (exact) mass is 669 g/mol. The summed E-state index contributed by atoms with van der Waals surface area (Å²) < 4.78 is 42.4. The molecule has 2 heterocycles. The number of halogens is 1. The Hall–Kier alpha value is -2.89. The number of rotatable bonds is 11. The third kappa shape index (κ3) is 6.73. The van der Waals surface area contributed by atoms with E-state index in [0.29, 0.717) is 37.1 Å². The number of fused-ring (bicyclic) bond motifs is 3. The molecule has 11 heteroatoms. The lowest BCUT2D eigenvalue weighted by atomic mass is 9.68. The fourth-order valence-corrected chi connectivity index (χ4v) is 9.00. The molecule has 4 aliphatic rings. The molecule has 5 atom stereocenters. The van der Waals surface area contributed by atoms with Crippen molar-refractivity contribution in [1.29, 1.82) is 0 Å². The lowest BCUT2D eigenvalue weighted by Gasteiger charge is -2.45. The van der Waals surface area contributed by atoms with Crippen LogP contribution in [0, 0.1) is 11.8 Å². The van der Waals surface area contributed by atoms with Gasteiger partial charge in [0.25, 0.3) is 5.91 Å². The van der Waals surface area contributed by atoms with Crippen LogP contribution in [0.2, 0.25) is 5.02 Å². The fourth-order valence-electron chi connectivity index (χ4n) is 7.66. The first-order valence-electron chi connectivity index (χ1n) is 16.3. The van der Waals surface area contributed by atoms with Crippen LogP contribution in [0.5, 0.6) is 5.75 Å². The van der Waals surface area contributed by atoms with Crippen molar-refractivity contribution in [3.63, 3.8) is 0 Å². The second-order valence-electron chi connectivity index (χ2n) is 13.2. The van der Waals surface area contributed by atoms with Crippen LogP contribution in [-0.4, -0.2) is 75.3 Å². The van der Waals surface area contributed by atoms with Gasteiger partial charge in [0, 0.05) is 48.8 Å². The van der Waals surface area contributed by atoms with Gasteiger partial charge in [0.1, 0.15) is 5.75 Å². The van der Waals surface area contributed by atoms with Gasteiger partial charge in [-0.3, -0.25) is 4.79 Å². The van der Waals surface area contributed by atoms with Crippen LogP contribution in [0.4, 0.5) is 5.69 Å². The Morgan fingerprint density at radius 1 is 1.20 bits per heavy atom. The number of aryl methyl sites for hydroxylation is 1. The van der Waals surface area contributed by atoms with Crippen molar-refractivity contribution in [1.82, 2.24) is 9.03 Å². The van der Waals surface area contributed by atoms with Crippen molar-refractivity contribution >= 4 is 33.4 Å². The Morgan fingerprint density at radius 3 is 2.76 bits per heavy atom. The average Bonchev–Trinajstić information content (AvgIpc) is 3.49. The van der Waals surface area contributed by atoms with Crippen molar-refractivity contribution in [2.75, 3.05) is 44.3 Å². The number of benzene rings is 2. The molecule has 2 N–H and O–H groups in total. The molecular formula is C35H44ClN3O6S. The van der Waals surface area contributed by atoms with Gasteiger partial charge in [0.05, 0.1) is 24.5 Å². The number of carbonyl (C=O) groups is 1. The Bertz CT molecular complexity index is 1580. The topological polar surface area (TPSA) is 108 Å². The summed E-state index contributed by atoms with van der Waals surface area (Å²) in [6.45, 7) is 10.1. The number of anilines is 1. The number of nitrogens with one attached hydrogen (secondary N) is 1. The molecule has 0 radical (unpaired) electrons. The molecule has 2 aromatic carbocycles. The Balaban J connectivity index is 1.30. The van der Waals surface area contributed by atoms with Gasteiger partial charge in [-0.15, -0.1) is 13.2 Å². The van der Waals surface area contributed by atoms with Gasteiger partial charge in [-0.1, -0.05) is 29.8 Å². The van der Waals surface area contributed by atoms with E-state index in [1.807, 2.05) is 6.07 Å². The number of carbonyl (C=O) groups excluding carboxylic acids is 1. The van der Waals surface area contributed by atoms with Crippen molar-refractivity contribution in [3.05, 3.63) is 83.4 Å². The van der Waals surface area contributed by atoms with E-state index in [-0.39, 0.29) is 42.0 Å². The summed E-state index contributed by atoms with van der Waals surface area (Å²) in [5.74, 6) is 0.260. The van der Waals surface area contributed by atoms with E-state index in [9.17, 15) is 18.3 Å². The van der Waals surface area contributed by atoms with Crippen LogP contribution < -0.4 is 14.4 Å². The van der Waals surface area contributed by atoms with Crippen LogP contribution in [0.15, 0.2) is 61.7 Å². The molecule has 9 nitrogen and oxygen atoms in total. The zero-order valence-electron chi connectivity index (χ0n) is 26.2. The maximum absolute atomic E-state index is 13.6. The predicted octanol–water partition coefficient (Wildman–Crippen LogP) is 5.03. The average molecular weight is 670 g/mol. The maximum atomic E-state index is 13.6. The highest BCUT2D eigenvalue weighted by molar-refractivity contribution is 7.87. The number of nitrogens with zero attached hydrogens (tertiary/aromatic N) is 2.